The summed E-state index contributed by atoms with van der Waals surface area (Å²) in [5.41, 5.74) is 6.06. The number of halogens is 4. The van der Waals surface area contributed by atoms with Crippen LogP contribution in [-0.2, 0) is 22.1 Å². The zero-order chi connectivity index (χ0) is 17.7. The van der Waals surface area contributed by atoms with Gasteiger partial charge in [-0.15, -0.1) is 12.4 Å². The third kappa shape index (κ3) is 6.49. The molecule has 1 saturated heterocycles. The molecule has 4 nitrogen and oxygen atoms in total. The van der Waals surface area contributed by atoms with Crippen LogP contribution in [0.2, 0.25) is 0 Å². The number of ether oxygens (including phenoxy) is 1. The summed E-state index contributed by atoms with van der Waals surface area (Å²) in [6.45, 7) is 3.05. The largest absolute Gasteiger partial charge is 0.416 e. The standard InChI is InChI=1S/C17H23F3N2O2.ClH/c1-11(10-12-2-4-14(5-3-12)17(18,19)20)22-16(23)15(21)13-6-8-24-9-7-13;/h2-5,11,13,15H,6-10,21H2,1H3,(H,22,23);1H. The molecular weight excluding hydrogens is 357 g/mol. The van der Waals surface area contributed by atoms with E-state index < -0.39 is 17.8 Å². The number of benzene rings is 1. The number of hydrogen-bond donors (Lipinski definition) is 2. The van der Waals surface area contributed by atoms with Gasteiger partial charge in [0.15, 0.2) is 0 Å². The van der Waals surface area contributed by atoms with Crippen LogP contribution < -0.4 is 11.1 Å². The van der Waals surface area contributed by atoms with Crippen molar-refractivity contribution in [2.24, 2.45) is 11.7 Å². The molecule has 1 aromatic rings. The molecule has 2 rings (SSSR count). The van der Waals surface area contributed by atoms with E-state index in [-0.39, 0.29) is 30.3 Å². The van der Waals surface area contributed by atoms with Crippen LogP contribution in [0, 0.1) is 5.92 Å². The molecule has 25 heavy (non-hydrogen) atoms. The lowest BCUT2D eigenvalue weighted by atomic mass is 9.91. The number of carbonyl (C=O) groups is 1. The second-order valence-electron chi connectivity index (χ2n) is 6.28. The molecule has 0 saturated carbocycles. The summed E-state index contributed by atoms with van der Waals surface area (Å²) < 4.78 is 42.9. The molecule has 0 aromatic heterocycles. The zero-order valence-corrected chi connectivity index (χ0v) is 14.8. The van der Waals surface area contributed by atoms with Crippen molar-refractivity contribution in [3.05, 3.63) is 35.4 Å². The quantitative estimate of drug-likeness (QED) is 0.825. The highest BCUT2D eigenvalue weighted by molar-refractivity contribution is 5.85. The Balaban J connectivity index is 0.00000312. The number of amides is 1. The molecule has 1 aromatic carbocycles. The summed E-state index contributed by atoms with van der Waals surface area (Å²) >= 11 is 0. The lowest BCUT2D eigenvalue weighted by Gasteiger charge is -2.27. The van der Waals surface area contributed by atoms with Gasteiger partial charge in [0.2, 0.25) is 5.91 Å². The fraction of sp³-hybridized carbons (Fsp3) is 0.588. The highest BCUT2D eigenvalue weighted by Crippen LogP contribution is 2.29. The van der Waals surface area contributed by atoms with Crippen LogP contribution in [0.25, 0.3) is 0 Å². The lowest BCUT2D eigenvalue weighted by molar-refractivity contribution is -0.137. The highest BCUT2D eigenvalue weighted by atomic mass is 35.5. The summed E-state index contributed by atoms with van der Waals surface area (Å²) in [5, 5.41) is 2.84. The normalized spacial score (nSPS) is 18.1. The first-order chi connectivity index (χ1) is 11.3. The zero-order valence-electron chi connectivity index (χ0n) is 14.0. The van der Waals surface area contributed by atoms with Crippen molar-refractivity contribution in [2.75, 3.05) is 13.2 Å². The SMILES string of the molecule is CC(Cc1ccc(C(F)(F)F)cc1)NC(=O)C(N)C1CCOCC1.Cl. The molecule has 0 bridgehead atoms. The molecule has 1 aliphatic heterocycles. The Bertz CT molecular complexity index is 546. The molecule has 0 aliphatic carbocycles. The fourth-order valence-electron chi connectivity index (χ4n) is 2.86. The average molecular weight is 381 g/mol. The maximum absolute atomic E-state index is 12.5. The number of hydrogen-bond acceptors (Lipinski definition) is 3. The van der Waals surface area contributed by atoms with Crippen LogP contribution in [0.1, 0.15) is 30.9 Å². The van der Waals surface area contributed by atoms with Gasteiger partial charge in [-0.1, -0.05) is 12.1 Å². The smallest absolute Gasteiger partial charge is 0.381 e. The van der Waals surface area contributed by atoms with E-state index in [1.54, 1.807) is 0 Å². The van der Waals surface area contributed by atoms with Crippen LogP contribution in [-0.4, -0.2) is 31.2 Å². The predicted molar refractivity (Wildman–Crippen MR) is 91.5 cm³/mol. The molecule has 3 N–H and O–H groups in total. The van der Waals surface area contributed by atoms with Crippen LogP contribution in [0.4, 0.5) is 13.2 Å². The van der Waals surface area contributed by atoms with Crippen LogP contribution in [0.15, 0.2) is 24.3 Å². The summed E-state index contributed by atoms with van der Waals surface area (Å²) in [4.78, 5) is 12.2. The molecule has 2 unspecified atom stereocenters. The molecule has 1 aliphatic rings. The minimum atomic E-state index is -4.34. The third-order valence-corrected chi connectivity index (χ3v) is 4.29. The monoisotopic (exact) mass is 380 g/mol. The molecule has 0 radical (unpaired) electrons. The van der Waals surface area contributed by atoms with E-state index in [2.05, 4.69) is 5.32 Å². The third-order valence-electron chi connectivity index (χ3n) is 4.29. The maximum Gasteiger partial charge on any atom is 0.416 e. The Morgan fingerprint density at radius 3 is 2.36 bits per heavy atom. The summed E-state index contributed by atoms with van der Waals surface area (Å²) in [5.74, 6) is -0.113. The number of carbonyl (C=O) groups excluding carboxylic acids is 1. The van der Waals surface area contributed by atoms with Gasteiger partial charge in [-0.25, -0.2) is 0 Å². The van der Waals surface area contributed by atoms with Gasteiger partial charge in [-0.05, 0) is 49.8 Å². The van der Waals surface area contributed by atoms with Crippen molar-refractivity contribution in [2.45, 2.75) is 44.4 Å². The molecule has 1 amide bonds. The first kappa shape index (κ1) is 21.7. The molecule has 1 fully saturated rings. The van der Waals surface area contributed by atoms with Gasteiger partial charge in [0.1, 0.15) is 0 Å². The minimum Gasteiger partial charge on any atom is -0.381 e. The minimum absolute atomic E-state index is 0. The Morgan fingerprint density at radius 1 is 1.28 bits per heavy atom. The van der Waals surface area contributed by atoms with Crippen LogP contribution >= 0.6 is 12.4 Å². The maximum atomic E-state index is 12.5. The van der Waals surface area contributed by atoms with Crippen LogP contribution in [0.5, 0.6) is 0 Å². The number of alkyl halides is 3. The van der Waals surface area contributed by atoms with Crippen molar-refractivity contribution in [3.8, 4) is 0 Å². The van der Waals surface area contributed by atoms with E-state index in [0.29, 0.717) is 19.6 Å². The Kier molecular flexibility index (Phi) is 8.18. The molecule has 1 heterocycles. The van der Waals surface area contributed by atoms with E-state index >= 15 is 0 Å². The highest BCUT2D eigenvalue weighted by Gasteiger charge is 2.30. The van der Waals surface area contributed by atoms with Gasteiger partial charge in [0, 0.05) is 19.3 Å². The molecule has 142 valence electrons. The van der Waals surface area contributed by atoms with E-state index in [1.165, 1.54) is 12.1 Å². The van der Waals surface area contributed by atoms with E-state index in [1.807, 2.05) is 6.92 Å². The van der Waals surface area contributed by atoms with Gasteiger partial charge in [-0.3, -0.25) is 4.79 Å². The summed E-state index contributed by atoms with van der Waals surface area (Å²) in [6.07, 6.45) is -2.36. The van der Waals surface area contributed by atoms with E-state index in [0.717, 1.165) is 30.5 Å². The van der Waals surface area contributed by atoms with Crippen molar-refractivity contribution >= 4 is 18.3 Å². The van der Waals surface area contributed by atoms with Gasteiger partial charge in [-0.2, -0.15) is 13.2 Å². The van der Waals surface area contributed by atoms with Crippen molar-refractivity contribution < 1.29 is 22.7 Å². The van der Waals surface area contributed by atoms with Crippen molar-refractivity contribution in [1.82, 2.24) is 5.32 Å². The molecular formula is C17H24ClF3N2O2. The second-order valence-corrected chi connectivity index (χ2v) is 6.28. The van der Waals surface area contributed by atoms with Gasteiger partial charge >= 0.3 is 6.18 Å². The summed E-state index contributed by atoms with van der Waals surface area (Å²) in [6, 6.07) is 4.19. The Labute approximate surface area is 151 Å². The first-order valence-electron chi connectivity index (χ1n) is 8.07. The second kappa shape index (κ2) is 9.40. The fourth-order valence-corrected chi connectivity index (χ4v) is 2.86. The Morgan fingerprint density at radius 2 is 1.84 bits per heavy atom. The topological polar surface area (TPSA) is 64.4 Å². The predicted octanol–water partition coefficient (Wildman–Crippen LogP) is 2.93. The van der Waals surface area contributed by atoms with Crippen LogP contribution in [0.3, 0.4) is 0 Å². The Hall–Kier alpha value is -1.31. The van der Waals surface area contributed by atoms with Gasteiger partial charge in [0.25, 0.3) is 0 Å². The lowest BCUT2D eigenvalue weighted by Crippen LogP contribution is -2.49. The number of nitrogens with one attached hydrogen (secondary N) is 1. The van der Waals surface area contributed by atoms with Gasteiger partial charge in [0.05, 0.1) is 11.6 Å². The number of nitrogens with two attached hydrogens (primary N) is 1. The molecule has 8 heteroatoms. The van der Waals surface area contributed by atoms with E-state index in [9.17, 15) is 18.0 Å². The number of rotatable bonds is 5. The average Bonchev–Trinajstić information content (AvgIpc) is 2.54. The van der Waals surface area contributed by atoms with Crippen molar-refractivity contribution in [3.63, 3.8) is 0 Å². The van der Waals surface area contributed by atoms with Crippen molar-refractivity contribution in [1.29, 1.82) is 0 Å². The summed E-state index contributed by atoms with van der Waals surface area (Å²) in [7, 11) is 0. The first-order valence-corrected chi connectivity index (χ1v) is 8.07. The van der Waals surface area contributed by atoms with E-state index in [4.69, 9.17) is 10.5 Å². The molecule has 2 atom stereocenters. The molecule has 0 spiro atoms. The van der Waals surface area contributed by atoms with Gasteiger partial charge < -0.3 is 15.8 Å².